The fourth-order valence-corrected chi connectivity index (χ4v) is 3.67. The molecule has 0 spiro atoms. The number of unbranched alkanes of at least 4 members (excludes halogenated alkanes) is 1. The summed E-state index contributed by atoms with van der Waals surface area (Å²) in [5.74, 6) is 3.09. The van der Waals surface area contributed by atoms with E-state index in [9.17, 15) is 9.90 Å². The summed E-state index contributed by atoms with van der Waals surface area (Å²) < 4.78 is 11.1. The number of aryl methyl sites for hydroxylation is 1. The lowest BCUT2D eigenvalue weighted by Gasteiger charge is -2.21. The molecule has 5 nitrogen and oxygen atoms in total. The molecule has 1 N–H and O–H groups in total. The Morgan fingerprint density at radius 3 is 3.09 bits per heavy atom. The van der Waals surface area contributed by atoms with Crippen LogP contribution in [0.25, 0.3) is 0 Å². The SMILES string of the molecule is CCCCSCc1cc(C(=O)N2CCOC[C@H](CO)C2)oc1C. The minimum absolute atomic E-state index is 0.0263. The van der Waals surface area contributed by atoms with E-state index in [1.54, 1.807) is 4.90 Å². The van der Waals surface area contributed by atoms with Crippen LogP contribution in [-0.2, 0) is 10.5 Å². The number of carbonyl (C=O) groups excluding carboxylic acids is 1. The van der Waals surface area contributed by atoms with E-state index in [1.807, 2.05) is 24.8 Å². The normalized spacial score (nSPS) is 18.9. The van der Waals surface area contributed by atoms with Crippen LogP contribution in [0.5, 0.6) is 0 Å². The van der Waals surface area contributed by atoms with E-state index in [2.05, 4.69) is 6.92 Å². The Morgan fingerprint density at radius 1 is 1.52 bits per heavy atom. The van der Waals surface area contributed by atoms with Gasteiger partial charge in [-0.15, -0.1) is 0 Å². The summed E-state index contributed by atoms with van der Waals surface area (Å²) in [5.41, 5.74) is 1.10. The highest BCUT2D eigenvalue weighted by Crippen LogP contribution is 2.22. The second-order valence-corrected chi connectivity index (χ2v) is 7.08. The van der Waals surface area contributed by atoms with Gasteiger partial charge >= 0.3 is 0 Å². The summed E-state index contributed by atoms with van der Waals surface area (Å²) in [6.07, 6.45) is 2.41. The predicted octanol–water partition coefficient (Wildman–Crippen LogP) is 2.70. The van der Waals surface area contributed by atoms with Crippen molar-refractivity contribution >= 4 is 17.7 Å². The van der Waals surface area contributed by atoms with Crippen LogP contribution in [0.2, 0.25) is 0 Å². The number of aliphatic hydroxyl groups is 1. The first-order valence-electron chi connectivity index (χ1n) is 8.30. The van der Waals surface area contributed by atoms with Gasteiger partial charge < -0.3 is 19.2 Å². The molecule has 1 atom stereocenters. The molecule has 1 aromatic rings. The molecular formula is C17H27NO4S. The molecule has 6 heteroatoms. The van der Waals surface area contributed by atoms with E-state index in [4.69, 9.17) is 9.15 Å². The number of amides is 1. The van der Waals surface area contributed by atoms with E-state index in [-0.39, 0.29) is 18.4 Å². The summed E-state index contributed by atoms with van der Waals surface area (Å²) >= 11 is 1.88. The van der Waals surface area contributed by atoms with Gasteiger partial charge in [0.05, 0.1) is 13.2 Å². The highest BCUT2D eigenvalue weighted by Gasteiger charge is 2.25. The molecule has 2 heterocycles. The van der Waals surface area contributed by atoms with Gasteiger partial charge in [-0.25, -0.2) is 0 Å². The molecule has 0 aromatic carbocycles. The Morgan fingerprint density at radius 2 is 2.35 bits per heavy atom. The largest absolute Gasteiger partial charge is 0.456 e. The third-order valence-corrected chi connectivity index (χ3v) is 5.11. The van der Waals surface area contributed by atoms with Crippen molar-refractivity contribution in [2.75, 3.05) is 38.7 Å². The van der Waals surface area contributed by atoms with Crippen molar-refractivity contribution in [2.24, 2.45) is 5.92 Å². The van der Waals surface area contributed by atoms with Crippen LogP contribution < -0.4 is 0 Å². The van der Waals surface area contributed by atoms with Gasteiger partial charge in [-0.05, 0) is 25.2 Å². The molecule has 1 saturated heterocycles. The lowest BCUT2D eigenvalue weighted by atomic mass is 10.1. The number of ether oxygens (including phenoxy) is 1. The van der Waals surface area contributed by atoms with Gasteiger partial charge in [0, 0.05) is 36.9 Å². The van der Waals surface area contributed by atoms with Gasteiger partial charge in [-0.2, -0.15) is 11.8 Å². The van der Waals surface area contributed by atoms with Gasteiger partial charge in [0.25, 0.3) is 5.91 Å². The summed E-state index contributed by atoms with van der Waals surface area (Å²) in [5, 5.41) is 9.33. The predicted molar refractivity (Wildman–Crippen MR) is 91.8 cm³/mol. The molecule has 0 unspecified atom stereocenters. The van der Waals surface area contributed by atoms with E-state index >= 15 is 0 Å². The molecular weight excluding hydrogens is 314 g/mol. The standard InChI is InChI=1S/C17H27NO4S/c1-3-4-7-23-12-15-8-16(22-13(15)2)17(20)18-5-6-21-11-14(9-18)10-19/h8,14,19H,3-7,9-12H2,1-2H3/t14-/m0/s1. The maximum atomic E-state index is 12.6. The smallest absolute Gasteiger partial charge is 0.289 e. The fourth-order valence-electron chi connectivity index (χ4n) is 2.53. The average Bonchev–Trinajstić information content (AvgIpc) is 2.77. The van der Waals surface area contributed by atoms with Crippen LogP contribution >= 0.6 is 11.8 Å². The number of hydrogen-bond donors (Lipinski definition) is 1. The zero-order valence-electron chi connectivity index (χ0n) is 14.0. The van der Waals surface area contributed by atoms with Gasteiger partial charge in [-0.3, -0.25) is 4.79 Å². The summed E-state index contributed by atoms with van der Waals surface area (Å²) in [6, 6.07) is 1.87. The molecule has 130 valence electrons. The highest BCUT2D eigenvalue weighted by atomic mass is 32.2. The first-order chi connectivity index (χ1) is 11.2. The zero-order chi connectivity index (χ0) is 16.7. The molecule has 1 amide bonds. The topological polar surface area (TPSA) is 62.9 Å². The van der Waals surface area contributed by atoms with Crippen LogP contribution in [-0.4, -0.2) is 54.6 Å². The Labute approximate surface area is 142 Å². The van der Waals surface area contributed by atoms with Crippen molar-refractivity contribution in [3.8, 4) is 0 Å². The number of hydrogen-bond acceptors (Lipinski definition) is 5. The number of thioether (sulfide) groups is 1. The summed E-state index contributed by atoms with van der Waals surface area (Å²) in [4.78, 5) is 14.4. The van der Waals surface area contributed by atoms with E-state index < -0.39 is 0 Å². The Bertz CT molecular complexity index is 503. The van der Waals surface area contributed by atoms with E-state index in [0.29, 0.717) is 32.1 Å². The van der Waals surface area contributed by atoms with E-state index in [0.717, 1.165) is 22.8 Å². The number of nitrogens with zero attached hydrogens (tertiary/aromatic N) is 1. The molecule has 0 radical (unpaired) electrons. The summed E-state index contributed by atoms with van der Waals surface area (Å²) in [6.45, 7) is 6.17. The maximum Gasteiger partial charge on any atom is 0.289 e. The van der Waals surface area contributed by atoms with Crippen LogP contribution in [0, 0.1) is 12.8 Å². The van der Waals surface area contributed by atoms with E-state index in [1.165, 1.54) is 12.8 Å². The maximum absolute atomic E-state index is 12.6. The minimum atomic E-state index is -0.109. The number of furan rings is 1. The van der Waals surface area contributed by atoms with Crippen LogP contribution in [0.1, 0.15) is 41.6 Å². The quantitative estimate of drug-likeness (QED) is 0.773. The number of carbonyl (C=O) groups is 1. The lowest BCUT2D eigenvalue weighted by molar-refractivity contribution is 0.0695. The van der Waals surface area contributed by atoms with Crippen molar-refractivity contribution in [3.05, 3.63) is 23.2 Å². The highest BCUT2D eigenvalue weighted by molar-refractivity contribution is 7.98. The molecule has 1 aliphatic rings. The van der Waals surface area contributed by atoms with Crippen LogP contribution in [0.3, 0.4) is 0 Å². The number of rotatable bonds is 7. The molecule has 0 bridgehead atoms. The first kappa shape index (κ1) is 18.4. The second-order valence-electron chi connectivity index (χ2n) is 5.97. The molecule has 2 rings (SSSR count). The monoisotopic (exact) mass is 341 g/mol. The summed E-state index contributed by atoms with van der Waals surface area (Å²) in [7, 11) is 0. The van der Waals surface area contributed by atoms with Gasteiger partial charge in [0.1, 0.15) is 5.76 Å². The van der Waals surface area contributed by atoms with Crippen molar-refractivity contribution in [2.45, 2.75) is 32.4 Å². The molecule has 23 heavy (non-hydrogen) atoms. The van der Waals surface area contributed by atoms with Gasteiger partial charge in [0.15, 0.2) is 5.76 Å². The Balaban J connectivity index is 1.98. The first-order valence-corrected chi connectivity index (χ1v) is 9.46. The lowest BCUT2D eigenvalue weighted by Crippen LogP contribution is -2.36. The van der Waals surface area contributed by atoms with Crippen LogP contribution in [0.15, 0.2) is 10.5 Å². The molecule has 1 aliphatic heterocycles. The third kappa shape index (κ3) is 5.26. The minimum Gasteiger partial charge on any atom is -0.456 e. The van der Waals surface area contributed by atoms with Crippen molar-refractivity contribution in [3.63, 3.8) is 0 Å². The van der Waals surface area contributed by atoms with Crippen molar-refractivity contribution < 1.29 is 19.1 Å². The Kier molecular flexibility index (Phi) is 7.46. The molecule has 1 fully saturated rings. The second kappa shape index (κ2) is 9.35. The van der Waals surface area contributed by atoms with Crippen molar-refractivity contribution in [1.29, 1.82) is 0 Å². The van der Waals surface area contributed by atoms with Gasteiger partial charge in [0.2, 0.25) is 0 Å². The number of aliphatic hydroxyl groups excluding tert-OH is 1. The van der Waals surface area contributed by atoms with Crippen molar-refractivity contribution in [1.82, 2.24) is 4.90 Å². The van der Waals surface area contributed by atoms with Crippen LogP contribution in [0.4, 0.5) is 0 Å². The van der Waals surface area contributed by atoms with Gasteiger partial charge in [-0.1, -0.05) is 13.3 Å². The molecule has 1 aromatic heterocycles. The fraction of sp³-hybridized carbons (Fsp3) is 0.706. The zero-order valence-corrected chi connectivity index (χ0v) is 14.9. The third-order valence-electron chi connectivity index (χ3n) is 4.01. The Hall–Kier alpha value is -0.980. The molecule has 0 aliphatic carbocycles. The average molecular weight is 341 g/mol. The molecule has 0 saturated carbocycles.